The number of hydrogen-bond donors (Lipinski definition) is 2. The first-order valence-electron chi connectivity index (χ1n) is 7.76. The molecule has 0 spiro atoms. The van der Waals surface area contributed by atoms with E-state index in [1.165, 1.54) is 0 Å². The lowest BCUT2D eigenvalue weighted by molar-refractivity contribution is 0.378. The van der Waals surface area contributed by atoms with Gasteiger partial charge in [0.2, 0.25) is 11.7 Å². The lowest BCUT2D eigenvalue weighted by Crippen LogP contribution is -2.38. The Labute approximate surface area is 164 Å². The van der Waals surface area contributed by atoms with Gasteiger partial charge < -0.3 is 15.2 Å². The van der Waals surface area contributed by atoms with E-state index >= 15 is 0 Å². The van der Waals surface area contributed by atoms with Crippen LogP contribution in [-0.4, -0.2) is 36.2 Å². The summed E-state index contributed by atoms with van der Waals surface area (Å²) in [6, 6.07) is 7.35. The average Bonchev–Trinajstić information content (AvgIpc) is 3.03. The molecule has 1 aromatic heterocycles. The van der Waals surface area contributed by atoms with Crippen LogP contribution in [-0.2, 0) is 6.42 Å². The molecule has 0 radical (unpaired) electrons. The van der Waals surface area contributed by atoms with Crippen molar-refractivity contribution in [3.8, 4) is 11.4 Å². The minimum atomic E-state index is 0. The fourth-order valence-corrected chi connectivity index (χ4v) is 2.09. The summed E-state index contributed by atoms with van der Waals surface area (Å²) in [5, 5.41) is 11.2. The van der Waals surface area contributed by atoms with E-state index in [-0.39, 0.29) is 24.0 Å². The van der Waals surface area contributed by atoms with Gasteiger partial charge in [0.15, 0.2) is 5.96 Å². The Kier molecular flexibility index (Phi) is 9.70. The van der Waals surface area contributed by atoms with Crippen molar-refractivity contribution in [1.29, 1.82) is 0 Å². The lowest BCUT2D eigenvalue weighted by atomic mass is 10.2. The van der Waals surface area contributed by atoms with Crippen LogP contribution >= 0.6 is 35.6 Å². The van der Waals surface area contributed by atoms with Crippen LogP contribution in [0.5, 0.6) is 0 Å². The molecule has 0 fully saturated rings. The number of aromatic nitrogens is 2. The minimum absolute atomic E-state index is 0. The van der Waals surface area contributed by atoms with Crippen LogP contribution in [0.25, 0.3) is 11.4 Å². The van der Waals surface area contributed by atoms with Crippen LogP contribution in [0.2, 0.25) is 5.02 Å². The molecular weight excluding hydrogens is 441 g/mol. The monoisotopic (exact) mass is 463 g/mol. The summed E-state index contributed by atoms with van der Waals surface area (Å²) in [6.07, 6.45) is 2.91. The summed E-state index contributed by atoms with van der Waals surface area (Å²) < 4.78 is 5.27. The molecule has 0 saturated carbocycles. The Hall–Kier alpha value is -1.35. The highest BCUT2D eigenvalue weighted by Gasteiger charge is 2.08. The lowest BCUT2D eigenvalue weighted by Gasteiger charge is -2.10. The Balaban J connectivity index is 0.00000288. The third kappa shape index (κ3) is 6.64. The molecular formula is C16H23ClIN5O. The van der Waals surface area contributed by atoms with Gasteiger partial charge in [-0.3, -0.25) is 4.99 Å². The zero-order valence-electron chi connectivity index (χ0n) is 13.9. The number of nitrogens with one attached hydrogen (secondary N) is 2. The second kappa shape index (κ2) is 11.2. The second-order valence-corrected chi connectivity index (χ2v) is 5.48. The SMILES string of the molecule is CCCCNC(=NC)NCCc1nc(-c2ccc(Cl)cc2)no1.I. The molecule has 2 N–H and O–H groups in total. The zero-order chi connectivity index (χ0) is 16.5. The van der Waals surface area contributed by atoms with Crippen molar-refractivity contribution in [2.24, 2.45) is 4.99 Å². The Morgan fingerprint density at radius 3 is 2.58 bits per heavy atom. The first-order chi connectivity index (χ1) is 11.2. The van der Waals surface area contributed by atoms with Gasteiger partial charge in [-0.1, -0.05) is 30.1 Å². The smallest absolute Gasteiger partial charge is 0.228 e. The topological polar surface area (TPSA) is 75.3 Å². The van der Waals surface area contributed by atoms with Gasteiger partial charge >= 0.3 is 0 Å². The van der Waals surface area contributed by atoms with Gasteiger partial charge in [-0.15, -0.1) is 24.0 Å². The quantitative estimate of drug-likeness (QED) is 0.284. The molecule has 1 heterocycles. The van der Waals surface area contributed by atoms with Crippen LogP contribution in [0.4, 0.5) is 0 Å². The van der Waals surface area contributed by atoms with Gasteiger partial charge in [0, 0.05) is 37.1 Å². The molecule has 0 bridgehead atoms. The van der Waals surface area contributed by atoms with Crippen LogP contribution in [0.3, 0.4) is 0 Å². The fraction of sp³-hybridized carbons (Fsp3) is 0.438. The highest BCUT2D eigenvalue weighted by atomic mass is 127. The molecule has 2 aromatic rings. The molecule has 6 nitrogen and oxygen atoms in total. The van der Waals surface area contributed by atoms with Crippen LogP contribution < -0.4 is 10.6 Å². The molecule has 1 aromatic carbocycles. The molecule has 2 rings (SSSR count). The van der Waals surface area contributed by atoms with E-state index in [0.29, 0.717) is 29.7 Å². The number of nitrogens with zero attached hydrogens (tertiary/aromatic N) is 3. The van der Waals surface area contributed by atoms with Gasteiger partial charge in [0.1, 0.15) is 0 Å². The minimum Gasteiger partial charge on any atom is -0.356 e. The van der Waals surface area contributed by atoms with E-state index in [9.17, 15) is 0 Å². The normalized spacial score (nSPS) is 11.0. The van der Waals surface area contributed by atoms with E-state index < -0.39 is 0 Å². The van der Waals surface area contributed by atoms with Gasteiger partial charge in [0.25, 0.3) is 0 Å². The first kappa shape index (κ1) is 20.7. The third-order valence-electron chi connectivity index (χ3n) is 3.25. The molecule has 0 unspecified atom stereocenters. The van der Waals surface area contributed by atoms with Gasteiger partial charge in [-0.05, 0) is 30.7 Å². The molecule has 132 valence electrons. The molecule has 0 saturated heterocycles. The van der Waals surface area contributed by atoms with E-state index in [1.807, 2.05) is 12.1 Å². The number of rotatable bonds is 7. The van der Waals surface area contributed by atoms with Crippen molar-refractivity contribution in [1.82, 2.24) is 20.8 Å². The summed E-state index contributed by atoms with van der Waals surface area (Å²) in [5.41, 5.74) is 0.884. The van der Waals surface area contributed by atoms with E-state index in [2.05, 4.69) is 32.7 Å². The van der Waals surface area contributed by atoms with Crippen molar-refractivity contribution in [3.05, 3.63) is 35.2 Å². The largest absolute Gasteiger partial charge is 0.356 e. The molecule has 0 aliphatic rings. The average molecular weight is 464 g/mol. The first-order valence-corrected chi connectivity index (χ1v) is 8.13. The maximum Gasteiger partial charge on any atom is 0.228 e. The predicted molar refractivity (Wildman–Crippen MR) is 108 cm³/mol. The maximum absolute atomic E-state index is 5.87. The number of aliphatic imine (C=N–C) groups is 1. The molecule has 24 heavy (non-hydrogen) atoms. The third-order valence-corrected chi connectivity index (χ3v) is 3.50. The van der Waals surface area contributed by atoms with Crippen LogP contribution in [0, 0.1) is 0 Å². The number of guanidine groups is 1. The maximum atomic E-state index is 5.87. The standard InChI is InChI=1S/C16H22ClN5O.HI/c1-3-4-10-19-16(18-2)20-11-9-14-21-15(22-23-14)12-5-7-13(17)8-6-12;/h5-8H,3-4,9-11H2,1-2H3,(H2,18,19,20);1H. The molecule has 0 atom stereocenters. The zero-order valence-corrected chi connectivity index (χ0v) is 17.0. The second-order valence-electron chi connectivity index (χ2n) is 5.05. The molecule has 8 heteroatoms. The van der Waals surface area contributed by atoms with Crippen LogP contribution in [0.15, 0.2) is 33.8 Å². The molecule has 0 aliphatic heterocycles. The highest BCUT2D eigenvalue weighted by Crippen LogP contribution is 2.18. The van der Waals surface area contributed by atoms with E-state index in [1.54, 1.807) is 19.2 Å². The number of hydrogen-bond acceptors (Lipinski definition) is 4. The number of unbranched alkanes of at least 4 members (excludes halogenated alkanes) is 1. The van der Waals surface area contributed by atoms with Crippen molar-refractivity contribution < 1.29 is 4.52 Å². The van der Waals surface area contributed by atoms with Crippen molar-refractivity contribution in [3.63, 3.8) is 0 Å². The van der Waals surface area contributed by atoms with E-state index in [0.717, 1.165) is 30.9 Å². The Morgan fingerprint density at radius 2 is 1.92 bits per heavy atom. The fourth-order valence-electron chi connectivity index (χ4n) is 1.96. The number of halogens is 2. The Morgan fingerprint density at radius 1 is 1.21 bits per heavy atom. The van der Waals surface area contributed by atoms with Crippen molar-refractivity contribution in [2.45, 2.75) is 26.2 Å². The number of benzene rings is 1. The summed E-state index contributed by atoms with van der Waals surface area (Å²) in [6.45, 7) is 3.75. The van der Waals surface area contributed by atoms with Crippen molar-refractivity contribution >= 4 is 41.5 Å². The van der Waals surface area contributed by atoms with Crippen molar-refractivity contribution in [2.75, 3.05) is 20.1 Å². The predicted octanol–water partition coefficient (Wildman–Crippen LogP) is 3.52. The Bertz CT molecular complexity index is 630. The molecule has 0 amide bonds. The highest BCUT2D eigenvalue weighted by molar-refractivity contribution is 14.0. The summed E-state index contributed by atoms with van der Waals surface area (Å²) in [5.74, 6) is 1.95. The summed E-state index contributed by atoms with van der Waals surface area (Å²) in [7, 11) is 1.76. The van der Waals surface area contributed by atoms with E-state index in [4.69, 9.17) is 16.1 Å². The summed E-state index contributed by atoms with van der Waals surface area (Å²) in [4.78, 5) is 8.55. The van der Waals surface area contributed by atoms with Gasteiger partial charge in [-0.2, -0.15) is 4.98 Å². The summed E-state index contributed by atoms with van der Waals surface area (Å²) >= 11 is 5.87. The molecule has 0 aliphatic carbocycles. The van der Waals surface area contributed by atoms with Gasteiger partial charge in [0.05, 0.1) is 0 Å². The van der Waals surface area contributed by atoms with Gasteiger partial charge in [-0.25, -0.2) is 0 Å². The van der Waals surface area contributed by atoms with Crippen LogP contribution in [0.1, 0.15) is 25.7 Å².